The van der Waals surface area contributed by atoms with Gasteiger partial charge >= 0.3 is 0 Å². The van der Waals surface area contributed by atoms with Gasteiger partial charge in [-0.15, -0.1) is 24.0 Å². The maximum Gasteiger partial charge on any atom is 0.193 e. The van der Waals surface area contributed by atoms with Gasteiger partial charge in [0.15, 0.2) is 15.8 Å². The topological polar surface area (TPSA) is 61.8 Å². The zero-order valence-electron chi connectivity index (χ0n) is 14.6. The number of halogens is 3. The largest absolute Gasteiger partial charge is 0.356 e. The van der Waals surface area contributed by atoms with Crippen LogP contribution in [0.3, 0.4) is 0 Å². The predicted octanol–water partition coefficient (Wildman–Crippen LogP) is 3.24. The van der Waals surface area contributed by atoms with Crippen LogP contribution in [0.4, 0.5) is 0 Å². The van der Waals surface area contributed by atoms with Crippen molar-refractivity contribution in [3.8, 4) is 0 Å². The summed E-state index contributed by atoms with van der Waals surface area (Å²) in [4.78, 5) is 6.25. The normalized spacial score (nSPS) is 19.2. The Balaban J connectivity index is 0.00000312. The van der Waals surface area contributed by atoms with Crippen LogP contribution in [0.25, 0.3) is 0 Å². The molecule has 1 heterocycles. The van der Waals surface area contributed by atoms with E-state index >= 15 is 0 Å². The molecule has 0 radical (unpaired) electrons. The van der Waals surface area contributed by atoms with Crippen molar-refractivity contribution in [2.75, 3.05) is 32.4 Å². The van der Waals surface area contributed by atoms with Crippen LogP contribution in [-0.2, 0) is 16.3 Å². The Labute approximate surface area is 177 Å². The van der Waals surface area contributed by atoms with Gasteiger partial charge in [0.1, 0.15) is 0 Å². The van der Waals surface area contributed by atoms with Crippen molar-refractivity contribution in [3.05, 3.63) is 33.8 Å². The van der Waals surface area contributed by atoms with Crippen molar-refractivity contribution in [1.82, 2.24) is 10.2 Å². The highest BCUT2D eigenvalue weighted by Gasteiger charge is 2.40. The number of sulfone groups is 1. The minimum absolute atomic E-state index is 0. The van der Waals surface area contributed by atoms with Crippen LogP contribution < -0.4 is 5.32 Å². The molecular formula is C16H24Cl2IN3O2S. The van der Waals surface area contributed by atoms with Crippen LogP contribution >= 0.6 is 47.2 Å². The highest BCUT2D eigenvalue weighted by atomic mass is 127. The van der Waals surface area contributed by atoms with Crippen molar-refractivity contribution >= 4 is 63.0 Å². The van der Waals surface area contributed by atoms with Gasteiger partial charge in [0.25, 0.3) is 0 Å². The van der Waals surface area contributed by atoms with Crippen LogP contribution in [0.15, 0.2) is 23.2 Å². The second-order valence-corrected chi connectivity index (χ2v) is 9.98. The highest BCUT2D eigenvalue weighted by molar-refractivity contribution is 14.0. The quantitative estimate of drug-likeness (QED) is 0.378. The van der Waals surface area contributed by atoms with Gasteiger partial charge < -0.3 is 10.2 Å². The Morgan fingerprint density at radius 1 is 1.32 bits per heavy atom. The van der Waals surface area contributed by atoms with Crippen molar-refractivity contribution in [2.24, 2.45) is 4.99 Å². The molecule has 0 aromatic heterocycles. The van der Waals surface area contributed by atoms with E-state index in [1.54, 1.807) is 20.9 Å². The van der Waals surface area contributed by atoms with Crippen LogP contribution in [0.2, 0.25) is 10.0 Å². The molecule has 0 aliphatic carbocycles. The zero-order chi connectivity index (χ0) is 18.0. The molecule has 0 atom stereocenters. The van der Waals surface area contributed by atoms with Crippen LogP contribution in [-0.4, -0.2) is 56.5 Å². The van der Waals surface area contributed by atoms with Gasteiger partial charge in [-0.3, -0.25) is 4.99 Å². The van der Waals surface area contributed by atoms with E-state index in [4.69, 9.17) is 23.2 Å². The van der Waals surface area contributed by atoms with E-state index in [0.29, 0.717) is 42.1 Å². The first-order valence-corrected chi connectivity index (χ1v) is 10.2. The molecule has 0 unspecified atom stereocenters. The zero-order valence-corrected chi connectivity index (χ0v) is 19.2. The lowest BCUT2D eigenvalue weighted by Crippen LogP contribution is -2.57. The molecule has 2 rings (SSSR count). The van der Waals surface area contributed by atoms with Crippen molar-refractivity contribution in [3.63, 3.8) is 0 Å². The number of benzene rings is 1. The molecule has 142 valence electrons. The Hall–Kier alpha value is -0.250. The SMILES string of the molecule is CN=C(NCCc1c(Cl)cccc1Cl)N1CCS(=O)(=O)C(C)(C)C1.I. The molecule has 5 nitrogen and oxygen atoms in total. The molecule has 1 aromatic rings. The molecule has 1 fully saturated rings. The molecule has 0 bridgehead atoms. The minimum Gasteiger partial charge on any atom is -0.356 e. The fourth-order valence-corrected chi connectivity index (χ4v) is 4.68. The third-order valence-corrected chi connectivity index (χ3v) is 7.52. The van der Waals surface area contributed by atoms with E-state index in [-0.39, 0.29) is 29.7 Å². The summed E-state index contributed by atoms with van der Waals surface area (Å²) in [7, 11) is -1.37. The molecule has 25 heavy (non-hydrogen) atoms. The molecule has 0 saturated carbocycles. The second-order valence-electron chi connectivity index (χ2n) is 6.42. The second kappa shape index (κ2) is 9.10. The summed E-state index contributed by atoms with van der Waals surface area (Å²) in [6.07, 6.45) is 0.660. The lowest BCUT2D eigenvalue weighted by Gasteiger charge is -2.39. The Morgan fingerprint density at radius 3 is 2.44 bits per heavy atom. The number of nitrogens with one attached hydrogen (secondary N) is 1. The molecule has 1 saturated heterocycles. The molecular weight excluding hydrogens is 496 g/mol. The standard InChI is InChI=1S/C16H23Cl2N3O2S.HI/c1-16(2)11-21(9-10-24(16,22)23)15(19-3)20-8-7-12-13(17)5-4-6-14(12)18;/h4-6H,7-11H2,1-3H3,(H,19,20);1H. The molecule has 0 spiro atoms. The van der Waals surface area contributed by atoms with Crippen molar-refractivity contribution in [1.29, 1.82) is 0 Å². The lowest BCUT2D eigenvalue weighted by molar-refractivity contribution is 0.353. The molecule has 1 N–H and O–H groups in total. The summed E-state index contributed by atoms with van der Waals surface area (Å²) in [6, 6.07) is 5.45. The van der Waals surface area contributed by atoms with E-state index in [1.807, 2.05) is 23.1 Å². The van der Waals surface area contributed by atoms with Gasteiger partial charge in [-0.25, -0.2) is 8.42 Å². The van der Waals surface area contributed by atoms with Crippen LogP contribution in [0.1, 0.15) is 19.4 Å². The monoisotopic (exact) mass is 519 g/mol. The number of nitrogens with zero attached hydrogens (tertiary/aromatic N) is 2. The molecule has 9 heteroatoms. The highest BCUT2D eigenvalue weighted by Crippen LogP contribution is 2.25. The van der Waals surface area contributed by atoms with Crippen LogP contribution in [0, 0.1) is 0 Å². The fraction of sp³-hybridized carbons (Fsp3) is 0.562. The lowest BCUT2D eigenvalue weighted by atomic mass is 10.1. The number of guanidine groups is 1. The molecule has 0 amide bonds. The van der Waals surface area contributed by atoms with Crippen molar-refractivity contribution < 1.29 is 8.42 Å². The first-order valence-electron chi connectivity index (χ1n) is 7.79. The fourth-order valence-electron chi connectivity index (χ4n) is 2.73. The smallest absolute Gasteiger partial charge is 0.193 e. The number of rotatable bonds is 3. The van der Waals surface area contributed by atoms with E-state index < -0.39 is 14.6 Å². The third kappa shape index (κ3) is 5.37. The minimum atomic E-state index is -3.07. The average Bonchev–Trinajstić information content (AvgIpc) is 2.49. The summed E-state index contributed by atoms with van der Waals surface area (Å²) >= 11 is 12.4. The predicted molar refractivity (Wildman–Crippen MR) is 116 cm³/mol. The summed E-state index contributed by atoms with van der Waals surface area (Å²) < 4.78 is 23.5. The van der Waals surface area contributed by atoms with Gasteiger partial charge in [-0.1, -0.05) is 29.3 Å². The summed E-state index contributed by atoms with van der Waals surface area (Å²) in [5, 5.41) is 4.56. The van der Waals surface area contributed by atoms with Gasteiger partial charge in [-0.05, 0) is 38.0 Å². The maximum absolute atomic E-state index is 12.1. The number of aliphatic imine (C=N–C) groups is 1. The Morgan fingerprint density at radius 2 is 1.92 bits per heavy atom. The average molecular weight is 520 g/mol. The van der Waals surface area contributed by atoms with E-state index in [2.05, 4.69) is 10.3 Å². The first kappa shape index (κ1) is 22.8. The van der Waals surface area contributed by atoms with Crippen molar-refractivity contribution in [2.45, 2.75) is 25.0 Å². The summed E-state index contributed by atoms with van der Waals surface area (Å²) in [5.74, 6) is 0.831. The molecule has 1 aliphatic heterocycles. The molecule has 1 aliphatic rings. The third-order valence-electron chi connectivity index (χ3n) is 4.27. The summed E-state index contributed by atoms with van der Waals surface area (Å²) in [6.45, 7) is 4.98. The molecule has 1 aromatic carbocycles. The van der Waals surface area contributed by atoms with Gasteiger partial charge in [-0.2, -0.15) is 0 Å². The maximum atomic E-state index is 12.1. The number of hydrogen-bond acceptors (Lipinski definition) is 3. The van der Waals surface area contributed by atoms with Gasteiger partial charge in [0.2, 0.25) is 0 Å². The van der Waals surface area contributed by atoms with Crippen LogP contribution in [0.5, 0.6) is 0 Å². The Bertz CT molecular complexity index is 719. The Kier molecular flexibility index (Phi) is 8.30. The van der Waals surface area contributed by atoms with E-state index in [1.165, 1.54) is 0 Å². The van der Waals surface area contributed by atoms with Gasteiger partial charge in [0, 0.05) is 36.7 Å². The first-order chi connectivity index (χ1) is 11.2. The van der Waals surface area contributed by atoms with E-state index in [9.17, 15) is 8.42 Å². The van der Waals surface area contributed by atoms with Gasteiger partial charge in [0.05, 0.1) is 10.5 Å². The van der Waals surface area contributed by atoms with E-state index in [0.717, 1.165) is 5.56 Å². The number of hydrogen-bond donors (Lipinski definition) is 1. The summed E-state index contributed by atoms with van der Waals surface area (Å²) in [5.41, 5.74) is 0.894.